The minimum Gasteiger partial charge on any atom is -0.369 e. The van der Waals surface area contributed by atoms with E-state index in [0.717, 1.165) is 53.5 Å². The van der Waals surface area contributed by atoms with Gasteiger partial charge in [0.1, 0.15) is 0 Å². The van der Waals surface area contributed by atoms with E-state index in [0.29, 0.717) is 25.6 Å². The van der Waals surface area contributed by atoms with Crippen LogP contribution in [-0.4, -0.2) is 74.0 Å². The van der Waals surface area contributed by atoms with Crippen LogP contribution >= 0.6 is 0 Å². The van der Waals surface area contributed by atoms with E-state index >= 15 is 0 Å². The molecule has 2 aromatic carbocycles. The van der Waals surface area contributed by atoms with Crippen molar-refractivity contribution in [2.75, 3.05) is 39.5 Å². The van der Waals surface area contributed by atoms with E-state index in [9.17, 15) is 13.2 Å². The number of aromatic nitrogens is 1. The van der Waals surface area contributed by atoms with Gasteiger partial charge in [0.15, 0.2) is 0 Å². The van der Waals surface area contributed by atoms with Crippen LogP contribution in [0.1, 0.15) is 55.7 Å². The number of fused-ring (bicyclic) bond motifs is 1. The maximum Gasteiger partial charge on any atom is 0.221 e. The minimum absolute atomic E-state index is 0.155. The summed E-state index contributed by atoms with van der Waals surface area (Å²) in [6, 6.07) is 13.1. The number of amides is 1. The molecule has 1 amide bonds. The minimum atomic E-state index is -3.25. The molecule has 4 rings (SSSR count). The number of primary amides is 1. The van der Waals surface area contributed by atoms with E-state index in [1.165, 1.54) is 11.1 Å². The second kappa shape index (κ2) is 12.6. The second-order valence-corrected chi connectivity index (χ2v) is 13.4. The Morgan fingerprint density at radius 2 is 1.90 bits per heavy atom. The summed E-state index contributed by atoms with van der Waals surface area (Å²) in [6.07, 6.45) is 4.37. The third-order valence-electron chi connectivity index (χ3n) is 7.54. The zero-order chi connectivity index (χ0) is 28.2. The molecular weight excluding hydrogens is 510 g/mol. The van der Waals surface area contributed by atoms with Crippen LogP contribution in [0.5, 0.6) is 0 Å². The number of benzene rings is 2. The summed E-state index contributed by atoms with van der Waals surface area (Å²) in [7, 11) is 0.669. The van der Waals surface area contributed by atoms with Gasteiger partial charge in [0.05, 0.1) is 12.2 Å². The molecule has 0 atom stereocenters. The Bertz CT molecular complexity index is 1390. The van der Waals surface area contributed by atoms with E-state index in [-0.39, 0.29) is 24.0 Å². The first-order chi connectivity index (χ1) is 18.5. The van der Waals surface area contributed by atoms with Crippen molar-refractivity contribution in [2.24, 2.45) is 5.73 Å². The van der Waals surface area contributed by atoms with Crippen molar-refractivity contribution in [2.45, 2.75) is 58.0 Å². The van der Waals surface area contributed by atoms with Crippen LogP contribution in [0.4, 0.5) is 0 Å². The maximum absolute atomic E-state index is 12.9. The quantitative estimate of drug-likeness (QED) is 0.316. The van der Waals surface area contributed by atoms with Gasteiger partial charge in [0.25, 0.3) is 0 Å². The van der Waals surface area contributed by atoms with Crippen LogP contribution in [0.25, 0.3) is 22.0 Å². The lowest BCUT2D eigenvalue weighted by Gasteiger charge is -2.31. The van der Waals surface area contributed by atoms with Crippen LogP contribution < -0.4 is 11.1 Å². The first-order valence-electron chi connectivity index (χ1n) is 13.9. The summed E-state index contributed by atoms with van der Waals surface area (Å²) >= 11 is 0. The topological polar surface area (TPSA) is 112 Å². The Balaban J connectivity index is 1.59. The van der Waals surface area contributed by atoms with Crippen molar-refractivity contribution in [3.63, 3.8) is 0 Å². The molecule has 1 fully saturated rings. The van der Waals surface area contributed by atoms with Gasteiger partial charge in [-0.1, -0.05) is 32.0 Å². The number of sulfonamides is 1. The predicted octanol–water partition coefficient (Wildman–Crippen LogP) is 3.82. The number of aromatic amines is 1. The lowest BCUT2D eigenvalue weighted by Crippen LogP contribution is -2.39. The van der Waals surface area contributed by atoms with Crippen molar-refractivity contribution in [1.29, 1.82) is 0 Å². The van der Waals surface area contributed by atoms with E-state index in [1.54, 1.807) is 4.31 Å². The highest BCUT2D eigenvalue weighted by Gasteiger charge is 2.29. The molecule has 2 heterocycles. The molecule has 3 aromatic rings. The van der Waals surface area contributed by atoms with Crippen LogP contribution in [0.15, 0.2) is 42.6 Å². The molecule has 212 valence electrons. The smallest absolute Gasteiger partial charge is 0.221 e. The van der Waals surface area contributed by atoms with Gasteiger partial charge in [0.2, 0.25) is 15.9 Å². The number of hydrogen-bond donors (Lipinski definition) is 3. The highest BCUT2D eigenvalue weighted by Crippen LogP contribution is 2.37. The SMILES string of the molecule is CC(C)NCc1cccc(-c2cc(CC(N)=O)c3[nH]cc(C4CCN(S(=O)(=O)CCCN(C)C)CC4)c3c2)c1. The summed E-state index contributed by atoms with van der Waals surface area (Å²) in [6.45, 7) is 6.87. The molecule has 0 unspecified atom stereocenters. The maximum atomic E-state index is 12.9. The molecule has 1 saturated heterocycles. The Labute approximate surface area is 233 Å². The van der Waals surface area contributed by atoms with Crippen LogP contribution in [0, 0.1) is 0 Å². The fourth-order valence-electron chi connectivity index (χ4n) is 5.48. The molecule has 1 aromatic heterocycles. The molecule has 39 heavy (non-hydrogen) atoms. The first kappa shape index (κ1) is 29.3. The summed E-state index contributed by atoms with van der Waals surface area (Å²) in [4.78, 5) is 17.4. The molecule has 0 saturated carbocycles. The highest BCUT2D eigenvalue weighted by atomic mass is 32.2. The van der Waals surface area contributed by atoms with E-state index < -0.39 is 10.0 Å². The third kappa shape index (κ3) is 7.48. The summed E-state index contributed by atoms with van der Waals surface area (Å²) in [5.74, 6) is 0.0617. The number of hydrogen-bond acceptors (Lipinski definition) is 5. The molecular formula is C30H43N5O3S. The standard InChI is InChI=1S/C30H43N5O3S/c1-21(2)32-19-22-7-5-8-24(15-22)25-16-26(18-29(31)36)30-27(17-25)28(20-33-30)23-9-12-35(13-10-23)39(37,38)14-6-11-34(3)4/h5,7-8,15-17,20-21,23,32-33H,6,9-14,18-19H2,1-4H3,(H2,31,36). The number of piperidine rings is 1. The monoisotopic (exact) mass is 553 g/mol. The second-order valence-electron chi connectivity index (χ2n) is 11.3. The van der Waals surface area contributed by atoms with Crippen molar-refractivity contribution in [3.05, 3.63) is 59.3 Å². The van der Waals surface area contributed by atoms with Gasteiger partial charge in [-0.25, -0.2) is 12.7 Å². The van der Waals surface area contributed by atoms with Gasteiger partial charge >= 0.3 is 0 Å². The first-order valence-corrected chi connectivity index (χ1v) is 15.5. The van der Waals surface area contributed by atoms with E-state index in [4.69, 9.17) is 5.73 Å². The lowest BCUT2D eigenvalue weighted by atomic mass is 9.88. The Morgan fingerprint density at radius 1 is 1.15 bits per heavy atom. The number of H-pyrrole nitrogens is 1. The summed E-state index contributed by atoms with van der Waals surface area (Å²) in [5, 5.41) is 4.56. The Hall–Kier alpha value is -2.72. The summed E-state index contributed by atoms with van der Waals surface area (Å²) < 4.78 is 27.4. The summed E-state index contributed by atoms with van der Waals surface area (Å²) in [5.41, 5.74) is 12.0. The molecule has 0 spiro atoms. The predicted molar refractivity (Wildman–Crippen MR) is 159 cm³/mol. The number of rotatable bonds is 12. The molecule has 8 nitrogen and oxygen atoms in total. The van der Waals surface area contributed by atoms with Gasteiger partial charge in [-0.05, 0) is 91.8 Å². The zero-order valence-electron chi connectivity index (χ0n) is 23.7. The normalized spacial score (nSPS) is 15.5. The molecule has 9 heteroatoms. The van der Waals surface area contributed by atoms with Crippen molar-refractivity contribution in [1.82, 2.24) is 19.5 Å². The van der Waals surface area contributed by atoms with Crippen molar-refractivity contribution < 1.29 is 13.2 Å². The molecule has 1 aliphatic heterocycles. The molecule has 0 bridgehead atoms. The van der Waals surface area contributed by atoms with Gasteiger partial charge in [0, 0.05) is 42.8 Å². The van der Waals surface area contributed by atoms with Gasteiger partial charge in [-0.15, -0.1) is 0 Å². The van der Waals surface area contributed by atoms with E-state index in [2.05, 4.69) is 60.5 Å². The molecule has 4 N–H and O–H groups in total. The third-order valence-corrected chi connectivity index (χ3v) is 9.49. The average molecular weight is 554 g/mol. The number of nitrogens with one attached hydrogen (secondary N) is 2. The van der Waals surface area contributed by atoms with Crippen molar-refractivity contribution >= 4 is 26.8 Å². The Kier molecular flexibility index (Phi) is 9.48. The van der Waals surface area contributed by atoms with Crippen LogP contribution in [-0.2, 0) is 27.8 Å². The van der Waals surface area contributed by atoms with Crippen LogP contribution in [0.3, 0.4) is 0 Å². The number of carbonyl (C=O) groups is 1. The molecule has 1 aliphatic rings. The van der Waals surface area contributed by atoms with Gasteiger partial charge < -0.3 is 20.9 Å². The fourth-order valence-corrected chi connectivity index (χ4v) is 7.00. The van der Waals surface area contributed by atoms with Crippen molar-refractivity contribution in [3.8, 4) is 11.1 Å². The Morgan fingerprint density at radius 3 is 2.56 bits per heavy atom. The lowest BCUT2D eigenvalue weighted by molar-refractivity contribution is -0.117. The van der Waals surface area contributed by atoms with Gasteiger partial charge in [-0.2, -0.15) is 0 Å². The number of carbonyl (C=O) groups excluding carboxylic acids is 1. The molecule has 0 aliphatic carbocycles. The number of nitrogens with zero attached hydrogens (tertiary/aromatic N) is 2. The molecule has 0 radical (unpaired) electrons. The van der Waals surface area contributed by atoms with Gasteiger partial charge in [-0.3, -0.25) is 4.79 Å². The fraction of sp³-hybridized carbons (Fsp3) is 0.500. The largest absolute Gasteiger partial charge is 0.369 e. The average Bonchev–Trinajstić information content (AvgIpc) is 3.31. The van der Waals surface area contributed by atoms with E-state index in [1.807, 2.05) is 25.2 Å². The zero-order valence-corrected chi connectivity index (χ0v) is 24.5. The number of nitrogens with two attached hydrogens (primary N) is 1. The highest BCUT2D eigenvalue weighted by molar-refractivity contribution is 7.89. The van der Waals surface area contributed by atoms with Crippen LogP contribution in [0.2, 0.25) is 0 Å².